The Balaban J connectivity index is 1.57. The zero-order valence-electron chi connectivity index (χ0n) is 13.2. The second-order valence-corrected chi connectivity index (χ2v) is 6.04. The molecule has 2 aromatic carbocycles. The van der Waals surface area contributed by atoms with Gasteiger partial charge in [0, 0.05) is 23.6 Å². The highest BCUT2D eigenvalue weighted by Gasteiger charge is 2.22. The number of ether oxygens (including phenoxy) is 3. The molecule has 0 radical (unpaired) electrons. The number of carboxylic acid groups (broad SMARTS) is 1. The molecule has 7 heteroatoms. The molecule has 25 heavy (non-hydrogen) atoms. The van der Waals surface area contributed by atoms with Crippen LogP contribution in [0, 0.1) is 5.82 Å². The summed E-state index contributed by atoms with van der Waals surface area (Å²) in [6.45, 7) is 0.494. The van der Waals surface area contributed by atoms with Crippen LogP contribution in [0.5, 0.6) is 17.2 Å². The highest BCUT2D eigenvalue weighted by atomic mass is 35.5. The lowest BCUT2D eigenvalue weighted by Crippen LogP contribution is -2.34. The van der Waals surface area contributed by atoms with Crippen molar-refractivity contribution in [1.29, 1.82) is 0 Å². The van der Waals surface area contributed by atoms with Gasteiger partial charge in [-0.25, -0.2) is 4.39 Å². The summed E-state index contributed by atoms with van der Waals surface area (Å²) in [5, 5.41) is 9.20. The summed E-state index contributed by atoms with van der Waals surface area (Å²) in [5.41, 5.74) is 0.343. The smallest absolute Gasteiger partial charge is 0.303 e. The zero-order valence-corrected chi connectivity index (χ0v) is 14.0. The van der Waals surface area contributed by atoms with E-state index in [9.17, 15) is 9.18 Å². The highest BCUT2D eigenvalue weighted by Crippen LogP contribution is 2.34. The van der Waals surface area contributed by atoms with E-state index < -0.39 is 11.8 Å². The molecule has 1 N–H and O–H groups in total. The summed E-state index contributed by atoms with van der Waals surface area (Å²) in [5.74, 6) is 0.0559. The molecule has 5 nitrogen and oxygen atoms in total. The minimum atomic E-state index is -0.963. The van der Waals surface area contributed by atoms with Crippen molar-refractivity contribution >= 4 is 17.6 Å². The fourth-order valence-electron chi connectivity index (χ4n) is 2.42. The summed E-state index contributed by atoms with van der Waals surface area (Å²) in [7, 11) is 0. The summed E-state index contributed by atoms with van der Waals surface area (Å²) in [6, 6.07) is 9.50. The summed E-state index contributed by atoms with van der Waals surface area (Å²) in [4.78, 5) is 10.6. The van der Waals surface area contributed by atoms with E-state index in [-0.39, 0.29) is 25.6 Å². The maximum atomic E-state index is 14.0. The van der Waals surface area contributed by atoms with Gasteiger partial charge in [-0.05, 0) is 30.2 Å². The number of carbonyl (C=O) groups is 1. The van der Waals surface area contributed by atoms with E-state index in [0.29, 0.717) is 34.4 Å². The molecule has 0 saturated carbocycles. The quantitative estimate of drug-likeness (QED) is 0.844. The van der Waals surface area contributed by atoms with Gasteiger partial charge in [-0.2, -0.15) is 0 Å². The Morgan fingerprint density at radius 1 is 1.28 bits per heavy atom. The summed E-state index contributed by atoms with van der Waals surface area (Å²) >= 11 is 5.93. The lowest BCUT2D eigenvalue weighted by atomic mass is 10.1. The standard InChI is InChI=1S/C18H16ClFO5/c19-12-3-5-16-17(7-12)25-14(10-24-16)9-23-13-4-1-11(15(20)8-13)2-6-18(21)22/h1,3-5,7-8,14H,2,6,9-10H2,(H,21,22). The zero-order chi connectivity index (χ0) is 17.8. The fraction of sp³-hybridized carbons (Fsp3) is 0.278. The van der Waals surface area contributed by atoms with Gasteiger partial charge in [0.1, 0.15) is 24.8 Å². The van der Waals surface area contributed by atoms with E-state index in [2.05, 4.69) is 0 Å². The lowest BCUT2D eigenvalue weighted by Gasteiger charge is -2.26. The Labute approximate surface area is 148 Å². The van der Waals surface area contributed by atoms with Gasteiger partial charge in [-0.3, -0.25) is 4.79 Å². The number of aryl methyl sites for hydroxylation is 1. The number of carboxylic acids is 1. The number of rotatable bonds is 6. The van der Waals surface area contributed by atoms with Crippen LogP contribution in [-0.2, 0) is 11.2 Å². The Morgan fingerprint density at radius 2 is 2.12 bits per heavy atom. The lowest BCUT2D eigenvalue weighted by molar-refractivity contribution is -0.136. The van der Waals surface area contributed by atoms with E-state index in [0.717, 1.165) is 0 Å². The van der Waals surface area contributed by atoms with Crippen LogP contribution in [0.25, 0.3) is 0 Å². The second-order valence-electron chi connectivity index (χ2n) is 5.60. The number of hydrogen-bond acceptors (Lipinski definition) is 4. The third-order valence-electron chi connectivity index (χ3n) is 3.69. The molecule has 0 spiro atoms. The fourth-order valence-corrected chi connectivity index (χ4v) is 2.59. The monoisotopic (exact) mass is 366 g/mol. The largest absolute Gasteiger partial charge is 0.489 e. The normalized spacial score (nSPS) is 15.7. The molecule has 0 bridgehead atoms. The number of benzene rings is 2. The van der Waals surface area contributed by atoms with Crippen molar-refractivity contribution in [1.82, 2.24) is 0 Å². The van der Waals surface area contributed by atoms with E-state index in [1.54, 1.807) is 24.3 Å². The van der Waals surface area contributed by atoms with Crippen molar-refractivity contribution in [2.75, 3.05) is 13.2 Å². The molecule has 0 aliphatic carbocycles. The van der Waals surface area contributed by atoms with Crippen LogP contribution in [0.1, 0.15) is 12.0 Å². The maximum Gasteiger partial charge on any atom is 0.303 e. The van der Waals surface area contributed by atoms with Crippen molar-refractivity contribution in [3.8, 4) is 17.2 Å². The minimum Gasteiger partial charge on any atom is -0.489 e. The van der Waals surface area contributed by atoms with Crippen molar-refractivity contribution in [2.45, 2.75) is 18.9 Å². The Hall–Kier alpha value is -2.47. The van der Waals surface area contributed by atoms with Crippen molar-refractivity contribution in [2.24, 2.45) is 0 Å². The van der Waals surface area contributed by atoms with Crippen molar-refractivity contribution < 1.29 is 28.5 Å². The molecule has 1 unspecified atom stereocenters. The van der Waals surface area contributed by atoms with E-state index in [1.165, 1.54) is 12.1 Å². The predicted octanol–water partition coefficient (Wildman–Crippen LogP) is 3.72. The van der Waals surface area contributed by atoms with Crippen LogP contribution < -0.4 is 14.2 Å². The van der Waals surface area contributed by atoms with Gasteiger partial charge in [0.15, 0.2) is 17.6 Å². The van der Waals surface area contributed by atoms with Crippen LogP contribution >= 0.6 is 11.6 Å². The third-order valence-corrected chi connectivity index (χ3v) is 3.93. The molecule has 1 heterocycles. The molecule has 1 atom stereocenters. The second kappa shape index (κ2) is 7.61. The Morgan fingerprint density at radius 3 is 2.88 bits per heavy atom. The van der Waals surface area contributed by atoms with E-state index in [4.69, 9.17) is 30.9 Å². The van der Waals surface area contributed by atoms with Gasteiger partial charge < -0.3 is 19.3 Å². The van der Waals surface area contributed by atoms with Crippen LogP contribution in [0.2, 0.25) is 5.02 Å². The van der Waals surface area contributed by atoms with Crippen LogP contribution in [0.15, 0.2) is 36.4 Å². The van der Waals surface area contributed by atoms with E-state index in [1.807, 2.05) is 0 Å². The average Bonchev–Trinajstić information content (AvgIpc) is 2.58. The summed E-state index contributed by atoms with van der Waals surface area (Å²) < 4.78 is 30.9. The molecule has 0 aromatic heterocycles. The van der Waals surface area contributed by atoms with Gasteiger partial charge in [0.05, 0.1) is 0 Å². The molecule has 0 fully saturated rings. The van der Waals surface area contributed by atoms with Crippen LogP contribution in [-0.4, -0.2) is 30.4 Å². The third kappa shape index (κ3) is 4.54. The molecule has 1 aliphatic rings. The number of halogens is 2. The molecular formula is C18H16ClFO5. The van der Waals surface area contributed by atoms with Gasteiger partial charge in [0.25, 0.3) is 0 Å². The highest BCUT2D eigenvalue weighted by molar-refractivity contribution is 6.30. The maximum absolute atomic E-state index is 14.0. The number of hydrogen-bond donors (Lipinski definition) is 1. The SMILES string of the molecule is O=C(O)CCc1ccc(OCC2COc3ccc(Cl)cc3O2)cc1F. The predicted molar refractivity (Wildman–Crippen MR) is 89.2 cm³/mol. The first-order valence-corrected chi connectivity index (χ1v) is 8.11. The molecule has 132 valence electrons. The van der Waals surface area contributed by atoms with Gasteiger partial charge in [-0.1, -0.05) is 17.7 Å². The molecule has 2 aromatic rings. The van der Waals surface area contributed by atoms with Crippen molar-refractivity contribution in [3.05, 3.63) is 52.8 Å². The van der Waals surface area contributed by atoms with Gasteiger partial charge in [0.2, 0.25) is 0 Å². The first kappa shape index (κ1) is 17.4. The Bertz CT molecular complexity index is 780. The van der Waals surface area contributed by atoms with E-state index >= 15 is 0 Å². The van der Waals surface area contributed by atoms with Crippen LogP contribution in [0.3, 0.4) is 0 Å². The summed E-state index contributed by atoms with van der Waals surface area (Å²) in [6.07, 6.45) is -0.328. The first-order chi connectivity index (χ1) is 12.0. The first-order valence-electron chi connectivity index (χ1n) is 7.73. The number of fused-ring (bicyclic) bond motifs is 1. The molecule has 0 saturated heterocycles. The Kier molecular flexibility index (Phi) is 5.28. The molecular weight excluding hydrogens is 351 g/mol. The van der Waals surface area contributed by atoms with Gasteiger partial charge in [-0.15, -0.1) is 0 Å². The topological polar surface area (TPSA) is 65.0 Å². The average molecular weight is 367 g/mol. The minimum absolute atomic E-state index is 0.119. The van der Waals surface area contributed by atoms with Gasteiger partial charge >= 0.3 is 5.97 Å². The van der Waals surface area contributed by atoms with Crippen molar-refractivity contribution in [3.63, 3.8) is 0 Å². The van der Waals surface area contributed by atoms with Crippen LogP contribution in [0.4, 0.5) is 4.39 Å². The molecule has 1 aliphatic heterocycles. The molecule has 0 amide bonds. The molecule has 3 rings (SSSR count). The number of aliphatic carboxylic acids is 1.